The average Bonchev–Trinajstić information content (AvgIpc) is 3.35. The smallest absolute Gasteiger partial charge is 0.417 e. The summed E-state index contributed by atoms with van der Waals surface area (Å²) < 4.78 is 47.8. The lowest BCUT2D eigenvalue weighted by atomic mass is 9.98. The van der Waals surface area contributed by atoms with Gasteiger partial charge >= 0.3 is 6.18 Å². The lowest BCUT2D eigenvalue weighted by Crippen LogP contribution is -2.58. The van der Waals surface area contributed by atoms with E-state index >= 15 is 0 Å². The van der Waals surface area contributed by atoms with E-state index in [0.29, 0.717) is 60.5 Å². The van der Waals surface area contributed by atoms with Gasteiger partial charge in [-0.25, -0.2) is 0 Å². The SMILES string of the molecule is CC(C)c1cc(N2C(=S)N(c3ccc(C#N)c(C(F)(F)F)c3)C(=O)C2(C)C)ccc1OCCN1C[C@@H](C)N(CC(=O)Nc2cc(Cl)cc(NC3CCC(=O)NC3=O)c2)[C@@H](C)C1. The first-order chi connectivity index (χ1) is 28.7. The molecule has 0 aliphatic carbocycles. The standard InChI is InChI=1S/C43H48ClF3N8O5S/c1-24(2)33-18-32(55-41(61)54(40(59)42(55,5)6)31-8-7-27(20-48)34(19-31)43(45,46)47)9-11-36(33)60-14-13-52-21-25(3)53(26(4)22-52)23-38(57)50-30-16-28(44)15-29(17-30)49-35-10-12-37(56)51-39(35)58/h7-9,11,15-19,24-26,35,49H,10,12-14,21-23H2,1-6H3,(H,50,57)(H,51,56,58)/t25-,26+,35?. The van der Waals surface area contributed by atoms with Crippen molar-refractivity contribution >= 4 is 75.3 Å². The highest BCUT2D eigenvalue weighted by Gasteiger charge is 2.51. The fourth-order valence-electron chi connectivity index (χ4n) is 8.11. The molecule has 4 amide bonds. The molecule has 0 radical (unpaired) electrons. The first kappa shape index (κ1) is 45.3. The van der Waals surface area contributed by atoms with Gasteiger partial charge < -0.3 is 20.3 Å². The molecule has 3 saturated heterocycles. The van der Waals surface area contributed by atoms with Gasteiger partial charge in [0.2, 0.25) is 17.7 Å². The van der Waals surface area contributed by atoms with E-state index in [2.05, 4.69) is 39.6 Å². The Morgan fingerprint density at radius 2 is 1.70 bits per heavy atom. The fraction of sp³-hybridized carbons (Fsp3) is 0.442. The molecule has 3 aromatic rings. The fourth-order valence-corrected chi connectivity index (χ4v) is 8.86. The van der Waals surface area contributed by atoms with Crippen molar-refractivity contribution < 1.29 is 37.1 Å². The summed E-state index contributed by atoms with van der Waals surface area (Å²) in [7, 11) is 0. The molecule has 0 spiro atoms. The van der Waals surface area contributed by atoms with Crippen molar-refractivity contribution in [2.24, 2.45) is 0 Å². The third-order valence-electron chi connectivity index (χ3n) is 11.2. The quantitative estimate of drug-likeness (QED) is 0.129. The number of carbonyl (C=O) groups is 4. The van der Waals surface area contributed by atoms with Crippen molar-refractivity contribution in [1.82, 2.24) is 15.1 Å². The molecule has 0 aromatic heterocycles. The van der Waals surface area contributed by atoms with Gasteiger partial charge in [-0.2, -0.15) is 18.4 Å². The summed E-state index contributed by atoms with van der Waals surface area (Å²) in [6, 6.07) is 14.6. The van der Waals surface area contributed by atoms with Gasteiger partial charge in [0.25, 0.3) is 5.91 Å². The lowest BCUT2D eigenvalue weighted by Gasteiger charge is -2.44. The predicted octanol–water partition coefficient (Wildman–Crippen LogP) is 6.90. The first-order valence-electron chi connectivity index (χ1n) is 19.9. The molecule has 13 nitrogen and oxygen atoms in total. The van der Waals surface area contributed by atoms with E-state index in [9.17, 15) is 37.6 Å². The molecule has 0 bridgehead atoms. The number of imide groups is 1. The minimum absolute atomic E-state index is 0.00347. The predicted molar refractivity (Wildman–Crippen MR) is 231 cm³/mol. The summed E-state index contributed by atoms with van der Waals surface area (Å²) >= 11 is 12.1. The van der Waals surface area contributed by atoms with Crippen LogP contribution in [0.3, 0.4) is 0 Å². The average molecular weight is 881 g/mol. The Morgan fingerprint density at radius 3 is 2.34 bits per heavy atom. The Balaban J connectivity index is 1.06. The molecule has 61 heavy (non-hydrogen) atoms. The van der Waals surface area contributed by atoms with E-state index in [1.54, 1.807) is 49.1 Å². The van der Waals surface area contributed by atoms with Crippen LogP contribution in [0.1, 0.15) is 77.0 Å². The van der Waals surface area contributed by atoms with Gasteiger partial charge in [-0.05, 0) is 112 Å². The van der Waals surface area contributed by atoms with Crippen LogP contribution in [0.4, 0.5) is 35.9 Å². The second kappa shape index (κ2) is 18.0. The summed E-state index contributed by atoms with van der Waals surface area (Å²) in [5.74, 6) is -0.790. The molecule has 324 valence electrons. The minimum atomic E-state index is -4.81. The van der Waals surface area contributed by atoms with Crippen molar-refractivity contribution in [2.75, 3.05) is 53.2 Å². The van der Waals surface area contributed by atoms with Crippen molar-refractivity contribution in [3.05, 3.63) is 76.3 Å². The molecule has 1 unspecified atom stereocenters. The van der Waals surface area contributed by atoms with Crippen LogP contribution in [0.2, 0.25) is 5.02 Å². The van der Waals surface area contributed by atoms with Gasteiger partial charge in [0.15, 0.2) is 5.11 Å². The molecule has 3 aliphatic heterocycles. The monoisotopic (exact) mass is 880 g/mol. The summed E-state index contributed by atoms with van der Waals surface area (Å²) in [5, 5.41) is 18.0. The van der Waals surface area contributed by atoms with Crippen LogP contribution >= 0.6 is 23.8 Å². The number of carbonyl (C=O) groups excluding carboxylic acids is 4. The molecule has 3 aliphatic rings. The maximum Gasteiger partial charge on any atom is 0.417 e. The number of anilines is 4. The number of ether oxygens (including phenoxy) is 1. The summed E-state index contributed by atoms with van der Waals surface area (Å²) in [4.78, 5) is 57.9. The Morgan fingerprint density at radius 1 is 1.03 bits per heavy atom. The van der Waals surface area contributed by atoms with Crippen molar-refractivity contribution in [3.63, 3.8) is 0 Å². The van der Waals surface area contributed by atoms with Crippen LogP contribution in [0.25, 0.3) is 0 Å². The molecule has 18 heteroatoms. The van der Waals surface area contributed by atoms with E-state index in [0.717, 1.165) is 22.6 Å². The maximum atomic E-state index is 13.8. The van der Waals surface area contributed by atoms with Crippen LogP contribution in [-0.2, 0) is 25.4 Å². The Hall–Kier alpha value is -5.28. The first-order valence-corrected chi connectivity index (χ1v) is 20.7. The van der Waals surface area contributed by atoms with Gasteiger partial charge in [-0.3, -0.25) is 39.2 Å². The topological polar surface area (TPSA) is 150 Å². The molecule has 3 atom stereocenters. The largest absolute Gasteiger partial charge is 0.492 e. The summed E-state index contributed by atoms with van der Waals surface area (Å²) in [6.45, 7) is 14.0. The van der Waals surface area contributed by atoms with Gasteiger partial charge in [-0.1, -0.05) is 25.4 Å². The van der Waals surface area contributed by atoms with Crippen LogP contribution in [0, 0.1) is 11.3 Å². The second-order valence-corrected chi connectivity index (χ2v) is 17.2. The third kappa shape index (κ3) is 9.94. The number of nitrogens with one attached hydrogen (secondary N) is 3. The summed E-state index contributed by atoms with van der Waals surface area (Å²) in [6.07, 6.45) is -4.23. The molecule has 3 N–H and O–H groups in total. The number of piperazine rings is 1. The maximum absolute atomic E-state index is 13.8. The number of rotatable bonds is 12. The van der Waals surface area contributed by atoms with Crippen LogP contribution in [0.5, 0.6) is 5.75 Å². The van der Waals surface area contributed by atoms with Crippen LogP contribution in [-0.4, -0.2) is 95.0 Å². The number of nitrogens with zero attached hydrogens (tertiary/aromatic N) is 5. The van der Waals surface area contributed by atoms with Crippen molar-refractivity contribution in [1.29, 1.82) is 5.26 Å². The lowest BCUT2D eigenvalue weighted by molar-refractivity contribution is -0.138. The number of alkyl halides is 3. The molecule has 6 rings (SSSR count). The number of piperidine rings is 1. The number of nitriles is 1. The van der Waals surface area contributed by atoms with Gasteiger partial charge in [0.05, 0.1) is 29.4 Å². The van der Waals surface area contributed by atoms with Gasteiger partial charge in [-0.15, -0.1) is 0 Å². The molecular weight excluding hydrogens is 833 g/mol. The zero-order chi connectivity index (χ0) is 44.6. The molecule has 3 fully saturated rings. The molecule has 3 aromatic carbocycles. The number of halogens is 4. The number of hydrogen-bond acceptors (Lipinski definition) is 10. The highest BCUT2D eigenvalue weighted by molar-refractivity contribution is 7.81. The van der Waals surface area contributed by atoms with E-state index in [-0.39, 0.29) is 53.6 Å². The van der Waals surface area contributed by atoms with Crippen LogP contribution < -0.4 is 30.5 Å². The van der Waals surface area contributed by atoms with Gasteiger partial charge in [0.1, 0.15) is 23.9 Å². The normalized spacial score (nSPS) is 21.1. The third-order valence-corrected chi connectivity index (χ3v) is 11.7. The number of hydrogen-bond donors (Lipinski definition) is 3. The Labute approximate surface area is 363 Å². The van der Waals surface area contributed by atoms with E-state index in [4.69, 9.17) is 28.6 Å². The minimum Gasteiger partial charge on any atom is -0.492 e. The van der Waals surface area contributed by atoms with Crippen molar-refractivity contribution in [2.45, 2.75) is 90.1 Å². The highest BCUT2D eigenvalue weighted by atomic mass is 35.5. The van der Waals surface area contributed by atoms with E-state index < -0.39 is 40.7 Å². The number of amides is 4. The Bertz CT molecular complexity index is 2270. The molecule has 3 heterocycles. The van der Waals surface area contributed by atoms with Crippen molar-refractivity contribution in [3.8, 4) is 11.8 Å². The number of benzene rings is 3. The summed E-state index contributed by atoms with van der Waals surface area (Å²) in [5.41, 5.74) is -0.567. The van der Waals surface area contributed by atoms with E-state index in [1.165, 1.54) is 6.07 Å². The Kier molecular flexibility index (Phi) is 13.3. The number of thiocarbonyl (C=S) groups is 1. The van der Waals surface area contributed by atoms with Gasteiger partial charge in [0, 0.05) is 60.2 Å². The highest BCUT2D eigenvalue weighted by Crippen LogP contribution is 2.41. The van der Waals surface area contributed by atoms with E-state index in [1.807, 2.05) is 26.0 Å². The molecular formula is C43H48ClF3N8O5S. The zero-order valence-corrected chi connectivity index (χ0v) is 36.2. The zero-order valence-electron chi connectivity index (χ0n) is 34.7. The molecule has 0 saturated carbocycles. The van der Waals surface area contributed by atoms with Crippen LogP contribution in [0.15, 0.2) is 54.6 Å². The second-order valence-electron chi connectivity index (χ2n) is 16.4.